The first-order valence-corrected chi connectivity index (χ1v) is 9.00. The van der Waals surface area contributed by atoms with Gasteiger partial charge in [-0.1, -0.05) is 44.5 Å². The Kier molecular flexibility index (Phi) is 5.91. The van der Waals surface area contributed by atoms with E-state index in [1.54, 1.807) is 31.2 Å². The highest BCUT2D eigenvalue weighted by atomic mass is 35.5. The molecule has 1 atom stereocenters. The Hall–Kier alpha value is -2.14. The molecule has 0 spiro atoms. The van der Waals surface area contributed by atoms with Crippen molar-refractivity contribution in [3.05, 3.63) is 51.9 Å². The maximum atomic E-state index is 12.9. The third-order valence-corrected chi connectivity index (χ3v) is 5.01. The lowest BCUT2D eigenvalue weighted by Gasteiger charge is -2.31. The summed E-state index contributed by atoms with van der Waals surface area (Å²) in [4.78, 5) is 25.7. The predicted octanol–water partition coefficient (Wildman–Crippen LogP) is 4.79. The molecule has 0 saturated carbocycles. The number of aromatic nitrogens is 1. The molecule has 0 saturated heterocycles. The van der Waals surface area contributed by atoms with Crippen LogP contribution >= 0.6 is 11.6 Å². The topological polar surface area (TPSA) is 72.2 Å². The molecular formula is C20H25ClN2O3. The van der Waals surface area contributed by atoms with Gasteiger partial charge < -0.3 is 9.84 Å². The molecule has 1 heterocycles. The quantitative estimate of drug-likeness (QED) is 0.736. The highest BCUT2D eigenvalue weighted by molar-refractivity contribution is 6.30. The lowest BCUT2D eigenvalue weighted by atomic mass is 9.78. The summed E-state index contributed by atoms with van der Waals surface area (Å²) >= 11 is 5.89. The van der Waals surface area contributed by atoms with Crippen molar-refractivity contribution in [1.82, 2.24) is 10.5 Å². The number of halogens is 1. The lowest BCUT2D eigenvalue weighted by molar-refractivity contribution is 0.0758. The average Bonchev–Trinajstić information content (AvgIpc) is 2.96. The van der Waals surface area contributed by atoms with E-state index < -0.39 is 11.5 Å². The number of amides is 1. The molecule has 0 aliphatic rings. The van der Waals surface area contributed by atoms with E-state index in [0.29, 0.717) is 27.6 Å². The number of nitrogens with one attached hydrogen (secondary N) is 1. The lowest BCUT2D eigenvalue weighted by Crippen LogP contribution is -2.47. The number of carbonyl (C=O) groups is 2. The molecule has 0 fully saturated rings. The molecule has 2 rings (SSSR count). The van der Waals surface area contributed by atoms with Gasteiger partial charge >= 0.3 is 0 Å². The molecular weight excluding hydrogens is 352 g/mol. The van der Waals surface area contributed by atoms with Gasteiger partial charge in [-0.3, -0.25) is 9.59 Å². The van der Waals surface area contributed by atoms with Gasteiger partial charge in [-0.15, -0.1) is 0 Å². The van der Waals surface area contributed by atoms with Gasteiger partial charge in [-0.25, -0.2) is 0 Å². The first kappa shape index (κ1) is 20.2. The summed E-state index contributed by atoms with van der Waals surface area (Å²) in [5.74, 6) is 0.245. The third-order valence-electron chi connectivity index (χ3n) is 4.76. The zero-order valence-corrected chi connectivity index (χ0v) is 16.8. The number of rotatable bonds is 6. The minimum absolute atomic E-state index is 0.0379. The maximum Gasteiger partial charge on any atom is 0.257 e. The summed E-state index contributed by atoms with van der Waals surface area (Å²) in [7, 11) is 0. The Morgan fingerprint density at radius 2 is 1.73 bits per heavy atom. The van der Waals surface area contributed by atoms with Crippen LogP contribution in [0.25, 0.3) is 0 Å². The molecule has 26 heavy (non-hydrogen) atoms. The van der Waals surface area contributed by atoms with Gasteiger partial charge in [0.2, 0.25) is 0 Å². The highest BCUT2D eigenvalue weighted by Crippen LogP contribution is 2.28. The number of ketones is 1. The molecule has 0 bridgehead atoms. The van der Waals surface area contributed by atoms with Crippen LogP contribution in [0.2, 0.25) is 5.02 Å². The van der Waals surface area contributed by atoms with Crippen molar-refractivity contribution in [1.29, 1.82) is 0 Å². The van der Waals surface area contributed by atoms with Crippen molar-refractivity contribution in [3.63, 3.8) is 0 Å². The van der Waals surface area contributed by atoms with Gasteiger partial charge in [-0.2, -0.15) is 0 Å². The number of nitrogens with zero attached hydrogens (tertiary/aromatic N) is 1. The van der Waals surface area contributed by atoms with Crippen molar-refractivity contribution >= 4 is 23.3 Å². The molecule has 1 amide bonds. The van der Waals surface area contributed by atoms with E-state index in [2.05, 4.69) is 10.5 Å². The number of carbonyl (C=O) groups excluding carboxylic acids is 2. The van der Waals surface area contributed by atoms with Gasteiger partial charge in [0.15, 0.2) is 11.5 Å². The Morgan fingerprint density at radius 3 is 2.27 bits per heavy atom. The molecule has 0 aliphatic carbocycles. The SMILES string of the molecule is Cc1noc(C(C)C)c1C(=O)NC(C)C(C)(C)C(=O)c1ccc(Cl)cc1. The van der Waals surface area contributed by atoms with Gasteiger partial charge in [0.05, 0.1) is 5.69 Å². The molecule has 1 aromatic carbocycles. The second-order valence-corrected chi connectivity index (χ2v) is 7.85. The standard InChI is InChI=1S/C20H25ClN2O3/c1-11(2)17-16(12(3)23-26-17)19(25)22-13(4)20(5,6)18(24)14-7-9-15(21)10-8-14/h7-11,13H,1-6H3,(H,22,25). The number of aryl methyl sites for hydroxylation is 1. The molecule has 0 aliphatic heterocycles. The van der Waals surface area contributed by atoms with E-state index in [1.165, 1.54) is 0 Å². The maximum absolute atomic E-state index is 12.9. The minimum atomic E-state index is -0.799. The van der Waals surface area contributed by atoms with E-state index >= 15 is 0 Å². The summed E-state index contributed by atoms with van der Waals surface area (Å²) in [6, 6.07) is 6.37. The van der Waals surface area contributed by atoms with Crippen LogP contribution in [0.4, 0.5) is 0 Å². The summed E-state index contributed by atoms with van der Waals surface area (Å²) in [5.41, 5.74) is 0.748. The van der Waals surface area contributed by atoms with Crippen LogP contribution in [0.5, 0.6) is 0 Å². The fraction of sp³-hybridized carbons (Fsp3) is 0.450. The van der Waals surface area contributed by atoms with Crippen molar-refractivity contribution in [3.8, 4) is 0 Å². The van der Waals surface area contributed by atoms with Crippen LogP contribution in [-0.2, 0) is 0 Å². The summed E-state index contributed by atoms with van der Waals surface area (Å²) in [6.45, 7) is 11.1. The van der Waals surface area contributed by atoms with Crippen molar-refractivity contribution < 1.29 is 14.1 Å². The largest absolute Gasteiger partial charge is 0.360 e. The van der Waals surface area contributed by atoms with Crippen LogP contribution in [-0.4, -0.2) is 22.9 Å². The molecule has 1 aromatic heterocycles. The van der Waals surface area contributed by atoms with Crippen LogP contribution in [0, 0.1) is 12.3 Å². The molecule has 6 heteroatoms. The Labute approximate surface area is 159 Å². The predicted molar refractivity (Wildman–Crippen MR) is 102 cm³/mol. The summed E-state index contributed by atoms with van der Waals surface area (Å²) in [6.07, 6.45) is 0. The van der Waals surface area contributed by atoms with Gasteiger partial charge in [0.25, 0.3) is 5.91 Å². The third kappa shape index (κ3) is 3.98. The van der Waals surface area contributed by atoms with Crippen molar-refractivity contribution in [2.45, 2.75) is 53.5 Å². The molecule has 140 valence electrons. The Bertz CT molecular complexity index is 807. The van der Waals surface area contributed by atoms with Crippen LogP contribution in [0.1, 0.15) is 72.7 Å². The van der Waals surface area contributed by atoms with E-state index in [1.807, 2.05) is 34.6 Å². The van der Waals surface area contributed by atoms with Gasteiger partial charge in [0.1, 0.15) is 5.56 Å². The van der Waals surface area contributed by atoms with Crippen molar-refractivity contribution in [2.75, 3.05) is 0 Å². The first-order chi connectivity index (χ1) is 12.1. The fourth-order valence-electron chi connectivity index (χ4n) is 2.68. The molecule has 1 N–H and O–H groups in total. The van der Waals surface area contributed by atoms with Crippen LogP contribution in [0.3, 0.4) is 0 Å². The minimum Gasteiger partial charge on any atom is -0.360 e. The van der Waals surface area contributed by atoms with Gasteiger partial charge in [0, 0.05) is 28.0 Å². The second kappa shape index (κ2) is 7.62. The van der Waals surface area contributed by atoms with E-state index in [-0.39, 0.29) is 17.6 Å². The monoisotopic (exact) mass is 376 g/mol. The molecule has 1 unspecified atom stereocenters. The zero-order chi connectivity index (χ0) is 19.6. The fourth-order valence-corrected chi connectivity index (χ4v) is 2.80. The first-order valence-electron chi connectivity index (χ1n) is 8.63. The average molecular weight is 377 g/mol. The number of hydrogen-bond donors (Lipinski definition) is 1. The van der Waals surface area contributed by atoms with Crippen molar-refractivity contribution in [2.24, 2.45) is 5.41 Å². The highest BCUT2D eigenvalue weighted by Gasteiger charge is 2.36. The van der Waals surface area contributed by atoms with E-state index in [4.69, 9.17) is 16.1 Å². The number of Topliss-reactive ketones (excluding diaryl/α,β-unsaturated/α-hetero) is 1. The Balaban J connectivity index is 2.21. The molecule has 2 aromatic rings. The molecule has 5 nitrogen and oxygen atoms in total. The van der Waals surface area contributed by atoms with E-state index in [9.17, 15) is 9.59 Å². The normalized spacial score (nSPS) is 12.9. The van der Waals surface area contributed by atoms with E-state index in [0.717, 1.165) is 0 Å². The second-order valence-electron chi connectivity index (χ2n) is 7.41. The number of benzene rings is 1. The summed E-state index contributed by atoms with van der Waals surface area (Å²) < 4.78 is 5.28. The van der Waals surface area contributed by atoms with Crippen LogP contribution in [0.15, 0.2) is 28.8 Å². The zero-order valence-electron chi connectivity index (χ0n) is 16.0. The van der Waals surface area contributed by atoms with Gasteiger partial charge in [-0.05, 0) is 38.1 Å². The summed E-state index contributed by atoms with van der Waals surface area (Å²) in [5, 5.41) is 7.41. The number of hydrogen-bond acceptors (Lipinski definition) is 4. The molecule has 0 radical (unpaired) electrons. The smallest absolute Gasteiger partial charge is 0.257 e. The van der Waals surface area contributed by atoms with Crippen LogP contribution < -0.4 is 5.32 Å². The Morgan fingerprint density at radius 1 is 1.15 bits per heavy atom.